The first-order chi connectivity index (χ1) is 7.70. The van der Waals surface area contributed by atoms with Crippen molar-refractivity contribution in [2.45, 2.75) is 32.4 Å². The molecule has 1 fully saturated rings. The van der Waals surface area contributed by atoms with E-state index in [1.165, 1.54) is 18.4 Å². The molecule has 1 aliphatic carbocycles. The van der Waals surface area contributed by atoms with Gasteiger partial charge in [-0.05, 0) is 37.1 Å². The summed E-state index contributed by atoms with van der Waals surface area (Å²) in [5.41, 5.74) is 7.54. The Balaban J connectivity index is 2.07. The largest absolute Gasteiger partial charge is 0.388 e. The molecule has 0 unspecified atom stereocenters. The monoisotopic (exact) mass is 235 g/mol. The minimum atomic E-state index is 0.372. The van der Waals surface area contributed by atoms with Crippen LogP contribution in [0.2, 0.25) is 0 Å². The minimum Gasteiger partial charge on any atom is -0.388 e. The summed E-state index contributed by atoms with van der Waals surface area (Å²) in [6.45, 7) is 4.27. The molecule has 1 aromatic rings. The molecule has 3 nitrogen and oxygen atoms in total. The van der Waals surface area contributed by atoms with Gasteiger partial charge in [0.1, 0.15) is 4.99 Å². The summed E-state index contributed by atoms with van der Waals surface area (Å²) < 4.78 is 0. The second-order valence-electron chi connectivity index (χ2n) is 4.21. The van der Waals surface area contributed by atoms with E-state index in [0.29, 0.717) is 4.99 Å². The Morgan fingerprint density at radius 1 is 1.62 bits per heavy atom. The van der Waals surface area contributed by atoms with Gasteiger partial charge in [0, 0.05) is 18.8 Å². The summed E-state index contributed by atoms with van der Waals surface area (Å²) in [5.74, 6) is 0. The molecule has 0 aromatic carbocycles. The second kappa shape index (κ2) is 4.89. The maximum atomic E-state index is 5.57. The lowest BCUT2D eigenvalue weighted by molar-refractivity contribution is 0.269. The molecule has 0 amide bonds. The van der Waals surface area contributed by atoms with E-state index in [1.807, 2.05) is 12.1 Å². The molecule has 0 radical (unpaired) electrons. The number of thiocarbonyl (C=S) groups is 1. The van der Waals surface area contributed by atoms with Crippen LogP contribution in [-0.2, 0) is 6.54 Å². The number of pyridine rings is 1. The molecule has 1 aromatic heterocycles. The predicted molar refractivity (Wildman–Crippen MR) is 69.2 cm³/mol. The van der Waals surface area contributed by atoms with Crippen molar-refractivity contribution in [2.24, 2.45) is 5.73 Å². The van der Waals surface area contributed by atoms with Crippen LogP contribution >= 0.6 is 12.2 Å². The van der Waals surface area contributed by atoms with Crippen molar-refractivity contribution in [1.82, 2.24) is 9.88 Å². The number of nitrogens with two attached hydrogens (primary N) is 1. The zero-order valence-corrected chi connectivity index (χ0v) is 10.3. The molecule has 0 bridgehead atoms. The molecule has 0 atom stereocenters. The topological polar surface area (TPSA) is 42.2 Å². The molecule has 1 heterocycles. The van der Waals surface area contributed by atoms with Gasteiger partial charge in [0.15, 0.2) is 0 Å². The highest BCUT2D eigenvalue weighted by atomic mass is 32.1. The van der Waals surface area contributed by atoms with Gasteiger partial charge in [-0.3, -0.25) is 9.88 Å². The summed E-state index contributed by atoms with van der Waals surface area (Å²) in [4.78, 5) is 7.00. The second-order valence-corrected chi connectivity index (χ2v) is 4.65. The maximum absolute atomic E-state index is 5.57. The van der Waals surface area contributed by atoms with Crippen molar-refractivity contribution < 1.29 is 0 Å². The molecule has 1 saturated carbocycles. The van der Waals surface area contributed by atoms with Crippen molar-refractivity contribution in [1.29, 1.82) is 0 Å². The first-order valence-electron chi connectivity index (χ1n) is 5.69. The van der Waals surface area contributed by atoms with Gasteiger partial charge < -0.3 is 5.73 Å². The average Bonchev–Trinajstić information content (AvgIpc) is 3.10. The Kier molecular flexibility index (Phi) is 3.51. The lowest BCUT2D eigenvalue weighted by atomic mass is 10.2. The standard InChI is InChI=1S/C12H17N3S/c1-2-15(10-3-4-10)8-9-5-6-14-11(7-9)12(13)16/h5-7,10H,2-4,8H2,1H3,(H2,13,16). The maximum Gasteiger partial charge on any atom is 0.122 e. The molecule has 0 aliphatic heterocycles. The highest BCUT2D eigenvalue weighted by molar-refractivity contribution is 7.80. The summed E-state index contributed by atoms with van der Waals surface area (Å²) in [5, 5.41) is 0. The molecular formula is C12H17N3S. The summed E-state index contributed by atoms with van der Waals surface area (Å²) in [6.07, 6.45) is 4.45. The van der Waals surface area contributed by atoms with Crippen molar-refractivity contribution in [3.63, 3.8) is 0 Å². The number of rotatable bonds is 5. The van der Waals surface area contributed by atoms with E-state index in [9.17, 15) is 0 Å². The van der Waals surface area contributed by atoms with E-state index < -0.39 is 0 Å². The van der Waals surface area contributed by atoms with Crippen molar-refractivity contribution in [3.8, 4) is 0 Å². The quantitative estimate of drug-likeness (QED) is 0.789. The minimum absolute atomic E-state index is 0.372. The lowest BCUT2D eigenvalue weighted by Crippen LogP contribution is -2.25. The fourth-order valence-corrected chi connectivity index (χ4v) is 1.99. The van der Waals surface area contributed by atoms with Gasteiger partial charge >= 0.3 is 0 Å². The normalized spacial score (nSPS) is 15.4. The average molecular weight is 235 g/mol. The van der Waals surface area contributed by atoms with E-state index in [0.717, 1.165) is 24.8 Å². The lowest BCUT2D eigenvalue weighted by Gasteiger charge is -2.19. The smallest absolute Gasteiger partial charge is 0.122 e. The van der Waals surface area contributed by atoms with Crippen LogP contribution in [0.3, 0.4) is 0 Å². The van der Waals surface area contributed by atoms with E-state index >= 15 is 0 Å². The van der Waals surface area contributed by atoms with E-state index in [4.69, 9.17) is 18.0 Å². The summed E-state index contributed by atoms with van der Waals surface area (Å²) in [6, 6.07) is 4.81. The predicted octanol–water partition coefficient (Wildman–Crippen LogP) is 1.70. The van der Waals surface area contributed by atoms with E-state index in [-0.39, 0.29) is 0 Å². The van der Waals surface area contributed by atoms with Gasteiger partial charge in [-0.15, -0.1) is 0 Å². The van der Waals surface area contributed by atoms with Crippen LogP contribution in [0.15, 0.2) is 18.3 Å². The van der Waals surface area contributed by atoms with Crippen LogP contribution in [0, 0.1) is 0 Å². The van der Waals surface area contributed by atoms with Crippen molar-refractivity contribution in [3.05, 3.63) is 29.6 Å². The molecule has 2 rings (SSSR count). The van der Waals surface area contributed by atoms with Crippen LogP contribution < -0.4 is 5.73 Å². The van der Waals surface area contributed by atoms with Crippen LogP contribution in [-0.4, -0.2) is 27.5 Å². The first-order valence-corrected chi connectivity index (χ1v) is 6.10. The molecule has 2 N–H and O–H groups in total. The molecule has 0 saturated heterocycles. The SMILES string of the molecule is CCN(Cc1ccnc(C(N)=S)c1)C1CC1. The van der Waals surface area contributed by atoms with E-state index in [2.05, 4.69) is 16.8 Å². The zero-order valence-electron chi connectivity index (χ0n) is 9.52. The fraction of sp³-hybridized carbons (Fsp3) is 0.500. The number of nitrogens with zero attached hydrogens (tertiary/aromatic N) is 2. The molecule has 86 valence electrons. The van der Waals surface area contributed by atoms with Crippen LogP contribution in [0.25, 0.3) is 0 Å². The Hall–Kier alpha value is -1.00. The Bertz CT molecular complexity index is 388. The van der Waals surface area contributed by atoms with Crippen LogP contribution in [0.1, 0.15) is 31.0 Å². The van der Waals surface area contributed by atoms with Gasteiger partial charge in [0.25, 0.3) is 0 Å². The Morgan fingerprint density at radius 3 is 2.94 bits per heavy atom. The molecule has 16 heavy (non-hydrogen) atoms. The van der Waals surface area contributed by atoms with Gasteiger partial charge in [0.2, 0.25) is 0 Å². The third kappa shape index (κ3) is 2.77. The van der Waals surface area contributed by atoms with Gasteiger partial charge in [-0.1, -0.05) is 19.1 Å². The van der Waals surface area contributed by atoms with Crippen LogP contribution in [0.4, 0.5) is 0 Å². The number of hydrogen-bond donors (Lipinski definition) is 1. The van der Waals surface area contributed by atoms with Gasteiger partial charge in [0.05, 0.1) is 5.69 Å². The van der Waals surface area contributed by atoms with Crippen molar-refractivity contribution in [2.75, 3.05) is 6.54 Å². The Morgan fingerprint density at radius 2 is 2.38 bits per heavy atom. The highest BCUT2D eigenvalue weighted by Crippen LogP contribution is 2.27. The Labute approximate surface area is 102 Å². The highest BCUT2D eigenvalue weighted by Gasteiger charge is 2.27. The number of hydrogen-bond acceptors (Lipinski definition) is 3. The molecular weight excluding hydrogens is 218 g/mol. The van der Waals surface area contributed by atoms with Gasteiger partial charge in [-0.25, -0.2) is 0 Å². The first kappa shape index (κ1) is 11.5. The fourth-order valence-electron chi connectivity index (χ4n) is 1.88. The number of aromatic nitrogens is 1. The summed E-state index contributed by atoms with van der Waals surface area (Å²) >= 11 is 4.93. The van der Waals surface area contributed by atoms with Crippen molar-refractivity contribution >= 4 is 17.2 Å². The third-order valence-electron chi connectivity index (χ3n) is 2.93. The molecule has 0 spiro atoms. The van der Waals surface area contributed by atoms with E-state index in [1.54, 1.807) is 6.20 Å². The molecule has 4 heteroatoms. The van der Waals surface area contributed by atoms with Crippen LogP contribution in [0.5, 0.6) is 0 Å². The molecule has 1 aliphatic rings. The zero-order chi connectivity index (χ0) is 11.5. The third-order valence-corrected chi connectivity index (χ3v) is 3.14. The van der Waals surface area contributed by atoms with Gasteiger partial charge in [-0.2, -0.15) is 0 Å². The summed E-state index contributed by atoms with van der Waals surface area (Å²) in [7, 11) is 0.